The van der Waals surface area contributed by atoms with Crippen LogP contribution in [-0.4, -0.2) is 19.7 Å². The molecule has 2 aromatic heterocycles. The number of nitrogens with zero attached hydrogens (tertiary/aromatic N) is 4. The van der Waals surface area contributed by atoms with E-state index in [-0.39, 0.29) is 5.82 Å². The van der Waals surface area contributed by atoms with E-state index in [0.717, 1.165) is 44.3 Å². The minimum absolute atomic E-state index is 0.352. The van der Waals surface area contributed by atoms with Gasteiger partial charge in [0.05, 0.1) is 11.2 Å². The summed E-state index contributed by atoms with van der Waals surface area (Å²) in [5, 5.41) is 11.2. The topological polar surface area (TPSA) is 43.6 Å². The van der Waals surface area contributed by atoms with Crippen molar-refractivity contribution in [1.29, 1.82) is 0 Å². The molecular weight excluding hydrogens is 467 g/mol. The van der Waals surface area contributed by atoms with Crippen molar-refractivity contribution in [1.82, 2.24) is 19.7 Å². The molecule has 0 fully saturated rings. The highest BCUT2D eigenvalue weighted by Crippen LogP contribution is 2.34. The number of pyridine rings is 1. The largest absolute Gasteiger partial charge is 0.298 e. The van der Waals surface area contributed by atoms with E-state index >= 15 is 0 Å². The first-order valence-corrected chi connectivity index (χ1v) is 12.1. The zero-order valence-electron chi connectivity index (χ0n) is 18.2. The second-order valence-electron chi connectivity index (χ2n) is 7.67. The Hall–Kier alpha value is -3.48. The number of fused-ring (bicyclic) bond motifs is 1. The Labute approximate surface area is 206 Å². The van der Waals surface area contributed by atoms with Gasteiger partial charge in [0.15, 0.2) is 11.0 Å². The van der Waals surface area contributed by atoms with Crippen molar-refractivity contribution in [2.75, 3.05) is 0 Å². The first-order valence-electron chi connectivity index (χ1n) is 10.7. The lowest BCUT2D eigenvalue weighted by Crippen LogP contribution is -2.02. The number of para-hydroxylation sites is 1. The molecule has 2 heterocycles. The fourth-order valence-corrected chi connectivity index (χ4v) is 5.05. The van der Waals surface area contributed by atoms with E-state index in [1.807, 2.05) is 65.2 Å². The van der Waals surface area contributed by atoms with Crippen molar-refractivity contribution in [3.8, 4) is 22.6 Å². The number of thioether (sulfide) groups is 1. The molecule has 0 saturated heterocycles. The van der Waals surface area contributed by atoms with Crippen molar-refractivity contribution in [3.05, 3.63) is 108 Å². The molecule has 0 amide bonds. The van der Waals surface area contributed by atoms with Crippen LogP contribution in [0.25, 0.3) is 33.5 Å². The van der Waals surface area contributed by atoms with Crippen molar-refractivity contribution >= 4 is 34.3 Å². The van der Waals surface area contributed by atoms with Crippen molar-refractivity contribution in [2.24, 2.45) is 0 Å². The summed E-state index contributed by atoms with van der Waals surface area (Å²) < 4.78 is 15.4. The average Bonchev–Trinajstić information content (AvgIpc) is 3.26. The molecule has 0 aliphatic carbocycles. The molecule has 3 aromatic carbocycles. The van der Waals surface area contributed by atoms with E-state index in [4.69, 9.17) is 16.6 Å². The summed E-state index contributed by atoms with van der Waals surface area (Å²) in [6.45, 7) is 4.46. The highest BCUT2D eigenvalue weighted by atomic mass is 35.5. The Kier molecular flexibility index (Phi) is 6.43. The van der Waals surface area contributed by atoms with Crippen LogP contribution in [0.2, 0.25) is 5.02 Å². The van der Waals surface area contributed by atoms with Gasteiger partial charge < -0.3 is 0 Å². The zero-order chi connectivity index (χ0) is 23.5. The minimum Gasteiger partial charge on any atom is -0.298 e. The van der Waals surface area contributed by atoms with Gasteiger partial charge in [0.25, 0.3) is 0 Å². The van der Waals surface area contributed by atoms with E-state index in [2.05, 4.69) is 22.8 Å². The van der Waals surface area contributed by atoms with Gasteiger partial charge in [0.2, 0.25) is 0 Å². The van der Waals surface area contributed by atoms with Gasteiger partial charge in [-0.05, 0) is 29.8 Å². The predicted molar refractivity (Wildman–Crippen MR) is 137 cm³/mol. The molecule has 5 aromatic rings. The lowest BCUT2D eigenvalue weighted by Gasteiger charge is -2.12. The predicted octanol–water partition coefficient (Wildman–Crippen LogP) is 7.43. The molecule has 34 heavy (non-hydrogen) atoms. The summed E-state index contributed by atoms with van der Waals surface area (Å²) in [5.41, 5.74) is 4.58. The molecule has 0 unspecified atom stereocenters. The Morgan fingerprint density at radius 2 is 1.76 bits per heavy atom. The van der Waals surface area contributed by atoms with Gasteiger partial charge in [-0.3, -0.25) is 4.57 Å². The molecule has 0 radical (unpaired) electrons. The maximum Gasteiger partial charge on any atom is 0.192 e. The van der Waals surface area contributed by atoms with Crippen LogP contribution in [0, 0.1) is 5.82 Å². The second-order valence-corrected chi connectivity index (χ2v) is 9.02. The van der Waals surface area contributed by atoms with Crippen LogP contribution in [0.5, 0.6) is 0 Å². The molecule has 0 spiro atoms. The van der Waals surface area contributed by atoms with Crippen molar-refractivity contribution in [2.45, 2.75) is 17.5 Å². The SMILES string of the molecule is C=CCn1c(SCc2ccc(F)cc2Cl)nnc1-c1cc(-c2ccccc2)nc2ccccc12. The molecule has 7 heteroatoms. The Morgan fingerprint density at radius 1 is 0.971 bits per heavy atom. The smallest absolute Gasteiger partial charge is 0.192 e. The molecule has 0 N–H and O–H groups in total. The van der Waals surface area contributed by atoms with E-state index in [1.54, 1.807) is 6.07 Å². The molecule has 4 nitrogen and oxygen atoms in total. The molecule has 0 aliphatic rings. The lowest BCUT2D eigenvalue weighted by molar-refractivity contribution is 0.627. The van der Waals surface area contributed by atoms with Gasteiger partial charge in [-0.1, -0.05) is 84.0 Å². The lowest BCUT2D eigenvalue weighted by atomic mass is 10.0. The molecule has 5 rings (SSSR count). The third-order valence-corrected chi connectivity index (χ3v) is 6.79. The number of hydrogen-bond acceptors (Lipinski definition) is 4. The van der Waals surface area contributed by atoms with Gasteiger partial charge >= 0.3 is 0 Å². The third-order valence-electron chi connectivity index (χ3n) is 5.43. The standard InChI is InChI=1S/C27H20ClFN4S/c1-2-14-33-26(31-32-27(33)34-17-19-12-13-20(29)15-23(19)28)22-16-25(18-8-4-3-5-9-18)30-24-11-7-6-10-21(22)24/h2-13,15-16H,1,14,17H2. The molecule has 168 valence electrons. The maximum absolute atomic E-state index is 13.4. The van der Waals surface area contributed by atoms with Crippen molar-refractivity contribution < 1.29 is 4.39 Å². The minimum atomic E-state index is -0.352. The van der Waals surface area contributed by atoms with E-state index in [1.165, 1.54) is 23.9 Å². The van der Waals surface area contributed by atoms with Crippen LogP contribution < -0.4 is 0 Å². The summed E-state index contributed by atoms with van der Waals surface area (Å²) in [7, 11) is 0. The van der Waals surface area contributed by atoms with Crippen LogP contribution >= 0.6 is 23.4 Å². The summed E-state index contributed by atoms with van der Waals surface area (Å²) in [4.78, 5) is 4.88. The van der Waals surface area contributed by atoms with Crippen LogP contribution in [0.4, 0.5) is 4.39 Å². The highest BCUT2D eigenvalue weighted by Gasteiger charge is 2.18. The van der Waals surface area contributed by atoms with Crippen LogP contribution in [0.1, 0.15) is 5.56 Å². The fraction of sp³-hybridized carbons (Fsp3) is 0.0741. The number of halogens is 2. The number of aromatic nitrogens is 4. The van der Waals surface area contributed by atoms with Gasteiger partial charge in [-0.2, -0.15) is 0 Å². The van der Waals surface area contributed by atoms with Gasteiger partial charge in [-0.25, -0.2) is 9.37 Å². The molecule has 0 aliphatic heterocycles. The van der Waals surface area contributed by atoms with Crippen LogP contribution in [-0.2, 0) is 12.3 Å². The number of benzene rings is 3. The second kappa shape index (κ2) is 9.79. The van der Waals surface area contributed by atoms with Crippen molar-refractivity contribution in [3.63, 3.8) is 0 Å². The summed E-state index contributed by atoms with van der Waals surface area (Å²) in [6.07, 6.45) is 1.82. The quantitative estimate of drug-likeness (QED) is 0.177. The Balaban J connectivity index is 1.59. The van der Waals surface area contributed by atoms with E-state index < -0.39 is 0 Å². The summed E-state index contributed by atoms with van der Waals surface area (Å²) in [5.74, 6) is 0.929. The number of rotatable bonds is 7. The normalized spacial score (nSPS) is 11.1. The Bertz CT molecular complexity index is 1480. The van der Waals surface area contributed by atoms with Gasteiger partial charge in [-0.15, -0.1) is 16.8 Å². The average molecular weight is 487 g/mol. The van der Waals surface area contributed by atoms with Crippen LogP contribution in [0.15, 0.2) is 96.7 Å². The van der Waals surface area contributed by atoms with Gasteiger partial charge in [0.1, 0.15) is 5.82 Å². The monoisotopic (exact) mass is 486 g/mol. The summed E-state index contributed by atoms with van der Waals surface area (Å²) in [6, 6.07) is 24.6. The third kappa shape index (κ3) is 4.47. The summed E-state index contributed by atoms with van der Waals surface area (Å²) >= 11 is 7.72. The number of allylic oxidation sites excluding steroid dienone is 1. The first-order chi connectivity index (χ1) is 16.6. The van der Waals surface area contributed by atoms with E-state index in [0.29, 0.717) is 17.3 Å². The molecule has 0 atom stereocenters. The Morgan fingerprint density at radius 3 is 2.56 bits per heavy atom. The van der Waals surface area contributed by atoms with Gasteiger partial charge in [0, 0.05) is 33.8 Å². The molecular formula is C27H20ClFN4S. The maximum atomic E-state index is 13.4. The first kappa shape index (κ1) is 22.3. The van der Waals surface area contributed by atoms with Crippen LogP contribution in [0.3, 0.4) is 0 Å². The van der Waals surface area contributed by atoms with E-state index in [9.17, 15) is 4.39 Å². The number of hydrogen-bond donors (Lipinski definition) is 0. The fourth-order valence-electron chi connectivity index (χ4n) is 3.79. The molecule has 0 saturated carbocycles. The highest BCUT2D eigenvalue weighted by molar-refractivity contribution is 7.98. The molecule has 0 bridgehead atoms. The zero-order valence-corrected chi connectivity index (χ0v) is 19.7.